The lowest BCUT2D eigenvalue weighted by Gasteiger charge is -1.95. The molecule has 1 N–H and O–H groups in total. The number of H-pyrrole nitrogens is 1. The van der Waals surface area contributed by atoms with Gasteiger partial charge in [0.2, 0.25) is 0 Å². The largest absolute Gasteiger partial charge is 0.478 e. The summed E-state index contributed by atoms with van der Waals surface area (Å²) in [5.41, 5.74) is 1.89. The maximum absolute atomic E-state index is 11.5. The van der Waals surface area contributed by atoms with Crippen LogP contribution in [0.5, 0.6) is 5.88 Å². The number of hydrogen-bond donors (Lipinski definition) is 1. The molecule has 3 rings (SSSR count). The second kappa shape index (κ2) is 2.88. The highest BCUT2D eigenvalue weighted by atomic mass is 16.5. The fourth-order valence-corrected chi connectivity index (χ4v) is 1.84. The first kappa shape index (κ1) is 9.02. The molecule has 1 aromatic carbocycles. The van der Waals surface area contributed by atoms with Gasteiger partial charge in [-0.15, -0.1) is 0 Å². The van der Waals surface area contributed by atoms with E-state index in [1.165, 1.54) is 11.7 Å². The van der Waals surface area contributed by atoms with Crippen LogP contribution in [0.1, 0.15) is 0 Å². The first-order chi connectivity index (χ1) is 7.72. The number of nitrogens with one attached hydrogen (secondary N) is 1. The van der Waals surface area contributed by atoms with Crippen molar-refractivity contribution in [3.63, 3.8) is 0 Å². The van der Waals surface area contributed by atoms with Crippen LogP contribution in [0, 0.1) is 0 Å². The first-order valence-corrected chi connectivity index (χ1v) is 4.73. The molecule has 0 amide bonds. The van der Waals surface area contributed by atoms with Crippen molar-refractivity contribution in [1.82, 2.24) is 14.7 Å². The average molecular weight is 219 g/mol. The summed E-state index contributed by atoms with van der Waals surface area (Å²) < 4.78 is 11.7. The van der Waals surface area contributed by atoms with Gasteiger partial charge in [-0.3, -0.25) is 4.57 Å². The van der Waals surface area contributed by atoms with E-state index in [-0.39, 0.29) is 5.69 Å². The zero-order valence-corrected chi connectivity index (χ0v) is 8.77. The van der Waals surface area contributed by atoms with E-state index in [0.29, 0.717) is 22.4 Å². The van der Waals surface area contributed by atoms with E-state index in [0.717, 1.165) is 5.52 Å². The Morgan fingerprint density at radius 2 is 2.31 bits per heavy atom. The van der Waals surface area contributed by atoms with Gasteiger partial charge in [-0.25, -0.2) is 4.79 Å². The molecule has 82 valence electrons. The molecule has 0 atom stereocenters. The molecule has 6 heteroatoms. The fourth-order valence-electron chi connectivity index (χ4n) is 1.84. The van der Waals surface area contributed by atoms with Gasteiger partial charge in [0, 0.05) is 7.05 Å². The maximum atomic E-state index is 11.5. The van der Waals surface area contributed by atoms with Crippen molar-refractivity contribution in [1.29, 1.82) is 0 Å². The monoisotopic (exact) mass is 219 g/mol. The number of methoxy groups -OCH3 is 1. The van der Waals surface area contributed by atoms with Gasteiger partial charge in [-0.1, -0.05) is 0 Å². The fraction of sp³-hybridized carbons (Fsp3) is 0.200. The highest BCUT2D eigenvalue weighted by Gasteiger charge is 2.15. The van der Waals surface area contributed by atoms with Crippen molar-refractivity contribution in [3.05, 3.63) is 22.6 Å². The van der Waals surface area contributed by atoms with Crippen molar-refractivity contribution < 1.29 is 9.26 Å². The molecule has 0 aliphatic heterocycles. The number of nitrogens with zero attached hydrogens (tertiary/aromatic N) is 2. The lowest BCUT2D eigenvalue weighted by molar-refractivity contribution is 0.350. The van der Waals surface area contributed by atoms with Crippen molar-refractivity contribution >= 4 is 22.0 Å². The number of hydrogen-bond acceptors (Lipinski definition) is 4. The van der Waals surface area contributed by atoms with E-state index in [1.807, 2.05) is 0 Å². The summed E-state index contributed by atoms with van der Waals surface area (Å²) in [6.45, 7) is 0. The van der Waals surface area contributed by atoms with Crippen LogP contribution in [0.25, 0.3) is 22.0 Å². The van der Waals surface area contributed by atoms with Crippen LogP contribution in [0.4, 0.5) is 0 Å². The summed E-state index contributed by atoms with van der Waals surface area (Å²) in [7, 11) is 3.21. The molecule has 3 aromatic rings. The van der Waals surface area contributed by atoms with Gasteiger partial charge in [0.15, 0.2) is 5.58 Å². The molecule has 0 radical (unpaired) electrons. The normalized spacial score (nSPS) is 11.4. The Morgan fingerprint density at radius 3 is 3.06 bits per heavy atom. The van der Waals surface area contributed by atoms with Gasteiger partial charge in [0.25, 0.3) is 5.88 Å². The van der Waals surface area contributed by atoms with Crippen molar-refractivity contribution in [2.24, 2.45) is 7.05 Å². The van der Waals surface area contributed by atoms with Gasteiger partial charge in [-0.05, 0) is 17.3 Å². The van der Waals surface area contributed by atoms with Gasteiger partial charge in [0.1, 0.15) is 5.39 Å². The molecular formula is C10H9N3O3. The van der Waals surface area contributed by atoms with Crippen LogP contribution < -0.4 is 10.4 Å². The number of aromatic amines is 1. The summed E-state index contributed by atoms with van der Waals surface area (Å²) >= 11 is 0. The second-order valence-electron chi connectivity index (χ2n) is 3.51. The average Bonchev–Trinajstić information content (AvgIpc) is 2.82. The number of aromatic nitrogens is 3. The van der Waals surface area contributed by atoms with E-state index in [9.17, 15) is 4.79 Å². The molecule has 0 saturated heterocycles. The van der Waals surface area contributed by atoms with Crippen LogP contribution in [-0.4, -0.2) is 21.8 Å². The van der Waals surface area contributed by atoms with Crippen LogP contribution >= 0.6 is 0 Å². The molecule has 2 aromatic heterocycles. The Labute approximate surface area is 89.4 Å². The highest BCUT2D eigenvalue weighted by molar-refractivity contribution is 6.04. The van der Waals surface area contributed by atoms with Crippen LogP contribution in [0.2, 0.25) is 0 Å². The van der Waals surface area contributed by atoms with Crippen LogP contribution in [0.3, 0.4) is 0 Å². The highest BCUT2D eigenvalue weighted by Crippen LogP contribution is 2.30. The summed E-state index contributed by atoms with van der Waals surface area (Å²) in [5, 5.41) is 4.47. The zero-order valence-electron chi connectivity index (χ0n) is 8.77. The Balaban J connectivity index is 2.61. The number of rotatable bonds is 1. The number of aryl methyl sites for hydroxylation is 1. The molecule has 2 heterocycles. The molecule has 0 unspecified atom stereocenters. The standard InChI is InChI=1S/C10H9N3O3/c1-13-5-3-4-6-7(8(5)11-10(13)14)9(15-2)12-16-6/h3-4H,1-2H3,(H,11,14). The summed E-state index contributed by atoms with van der Waals surface area (Å²) in [6, 6.07) is 3.57. The Kier molecular flexibility index (Phi) is 1.62. The molecule has 6 nitrogen and oxygen atoms in total. The van der Waals surface area contributed by atoms with Gasteiger partial charge < -0.3 is 14.2 Å². The lowest BCUT2D eigenvalue weighted by atomic mass is 10.2. The molecule has 16 heavy (non-hydrogen) atoms. The first-order valence-electron chi connectivity index (χ1n) is 4.73. The van der Waals surface area contributed by atoms with Crippen molar-refractivity contribution in [2.45, 2.75) is 0 Å². The Morgan fingerprint density at radius 1 is 1.50 bits per heavy atom. The molecular weight excluding hydrogens is 210 g/mol. The predicted octanol–water partition coefficient (Wildman–Crippen LogP) is 1.02. The molecule has 0 aliphatic rings. The zero-order chi connectivity index (χ0) is 11.3. The minimum atomic E-state index is -0.175. The van der Waals surface area contributed by atoms with Crippen LogP contribution in [0.15, 0.2) is 21.5 Å². The third-order valence-electron chi connectivity index (χ3n) is 2.68. The maximum Gasteiger partial charge on any atom is 0.326 e. The third kappa shape index (κ3) is 0.955. The van der Waals surface area contributed by atoms with Crippen molar-refractivity contribution in [2.75, 3.05) is 7.11 Å². The number of imidazole rings is 1. The van der Waals surface area contributed by atoms with E-state index in [4.69, 9.17) is 9.26 Å². The molecule has 0 saturated carbocycles. The van der Waals surface area contributed by atoms with E-state index < -0.39 is 0 Å². The summed E-state index contributed by atoms with van der Waals surface area (Å²) in [5.74, 6) is 0.377. The third-order valence-corrected chi connectivity index (χ3v) is 2.68. The molecule has 0 aliphatic carbocycles. The van der Waals surface area contributed by atoms with Crippen molar-refractivity contribution in [3.8, 4) is 5.88 Å². The van der Waals surface area contributed by atoms with E-state index in [1.54, 1.807) is 19.2 Å². The van der Waals surface area contributed by atoms with Crippen LogP contribution in [-0.2, 0) is 7.05 Å². The minimum absolute atomic E-state index is 0.175. The lowest BCUT2D eigenvalue weighted by Crippen LogP contribution is -2.11. The molecule has 0 bridgehead atoms. The molecule has 0 fully saturated rings. The SMILES string of the molecule is COc1noc2ccc3c([nH]c(=O)n3C)c12. The smallest absolute Gasteiger partial charge is 0.326 e. The topological polar surface area (TPSA) is 73.1 Å². The summed E-state index contributed by atoms with van der Waals surface area (Å²) in [6.07, 6.45) is 0. The summed E-state index contributed by atoms with van der Waals surface area (Å²) in [4.78, 5) is 14.3. The van der Waals surface area contributed by atoms with Gasteiger partial charge in [-0.2, -0.15) is 0 Å². The second-order valence-corrected chi connectivity index (χ2v) is 3.51. The number of fused-ring (bicyclic) bond motifs is 3. The Hall–Kier alpha value is -2.24. The number of ether oxygens (including phenoxy) is 1. The minimum Gasteiger partial charge on any atom is -0.478 e. The quantitative estimate of drug-likeness (QED) is 0.663. The number of benzene rings is 1. The Bertz CT molecular complexity index is 735. The molecule has 0 spiro atoms. The predicted molar refractivity (Wildman–Crippen MR) is 57.7 cm³/mol. The van der Waals surface area contributed by atoms with E-state index >= 15 is 0 Å². The van der Waals surface area contributed by atoms with Gasteiger partial charge in [0.05, 0.1) is 18.1 Å². The van der Waals surface area contributed by atoms with Gasteiger partial charge >= 0.3 is 5.69 Å². The van der Waals surface area contributed by atoms with E-state index in [2.05, 4.69) is 10.1 Å².